The third kappa shape index (κ3) is 2.98. The average molecular weight is 218 g/mol. The highest BCUT2D eigenvalue weighted by Gasteiger charge is 2.00. The first-order valence-electron chi connectivity index (χ1n) is 3.47. The molecule has 0 radical (unpaired) electrons. The Morgan fingerprint density at radius 2 is 2.36 bits per heavy atom. The molecule has 0 aromatic heterocycles. The second-order valence-electron chi connectivity index (χ2n) is 2.27. The Bertz CT molecular complexity index is 383. The summed E-state index contributed by atoms with van der Waals surface area (Å²) in [6.45, 7) is 0. The van der Waals surface area contributed by atoms with Gasteiger partial charge in [-0.25, -0.2) is 4.39 Å². The van der Waals surface area contributed by atoms with Crippen molar-refractivity contribution in [3.63, 3.8) is 0 Å². The molecule has 5 nitrogen and oxygen atoms in total. The van der Waals surface area contributed by atoms with Gasteiger partial charge in [0, 0.05) is 5.10 Å². The molecule has 0 fully saturated rings. The first kappa shape index (κ1) is 10.4. The maximum Gasteiger partial charge on any atom is 0.352 e. The molecule has 0 aliphatic carbocycles. The predicted molar refractivity (Wildman–Crippen MR) is 50.5 cm³/mol. The zero-order valence-electron chi connectivity index (χ0n) is 6.78. The molecule has 0 heterocycles. The van der Waals surface area contributed by atoms with Crippen LogP contribution in [0.2, 0.25) is 5.02 Å². The lowest BCUT2D eigenvalue weighted by atomic mass is 10.3. The molecule has 0 aliphatic rings. The van der Waals surface area contributed by atoms with Crippen molar-refractivity contribution in [2.24, 2.45) is 5.10 Å². The van der Waals surface area contributed by atoms with E-state index in [0.29, 0.717) is 12.0 Å². The van der Waals surface area contributed by atoms with E-state index in [1.54, 1.807) is 0 Å². The number of anilines is 1. The van der Waals surface area contributed by atoms with Gasteiger partial charge in [0.15, 0.2) is 0 Å². The van der Waals surface area contributed by atoms with Crippen molar-refractivity contribution in [3.05, 3.63) is 39.2 Å². The molecule has 1 N–H and O–H groups in total. The summed E-state index contributed by atoms with van der Waals surface area (Å²) < 4.78 is 12.6. The molecular formula is C7H5ClFN3O2. The van der Waals surface area contributed by atoms with Crippen LogP contribution < -0.4 is 5.43 Å². The second kappa shape index (κ2) is 4.52. The van der Waals surface area contributed by atoms with Crippen LogP contribution in [0, 0.1) is 15.9 Å². The van der Waals surface area contributed by atoms with Gasteiger partial charge in [-0.2, -0.15) is 5.43 Å². The summed E-state index contributed by atoms with van der Waals surface area (Å²) in [5, 5.41) is 13.0. The van der Waals surface area contributed by atoms with Crippen LogP contribution >= 0.6 is 11.6 Å². The fraction of sp³-hybridized carbons (Fsp3) is 0. The van der Waals surface area contributed by atoms with E-state index in [1.165, 1.54) is 12.1 Å². The van der Waals surface area contributed by atoms with Crippen LogP contribution in [0.4, 0.5) is 10.1 Å². The number of halogens is 2. The van der Waals surface area contributed by atoms with Gasteiger partial charge in [0.05, 0.1) is 10.7 Å². The van der Waals surface area contributed by atoms with Crippen molar-refractivity contribution in [3.8, 4) is 0 Å². The molecule has 0 saturated heterocycles. The van der Waals surface area contributed by atoms with Crippen molar-refractivity contribution in [1.82, 2.24) is 0 Å². The monoisotopic (exact) mass is 217 g/mol. The lowest BCUT2D eigenvalue weighted by Gasteiger charge is -1.96. The zero-order chi connectivity index (χ0) is 10.6. The minimum Gasteiger partial charge on any atom is -0.358 e. The molecule has 1 aromatic rings. The highest BCUT2D eigenvalue weighted by molar-refractivity contribution is 6.31. The topological polar surface area (TPSA) is 67.5 Å². The van der Waals surface area contributed by atoms with Gasteiger partial charge in [-0.15, -0.1) is 0 Å². The molecular weight excluding hydrogens is 213 g/mol. The number of hydrogen-bond acceptors (Lipinski definition) is 4. The first-order valence-corrected chi connectivity index (χ1v) is 3.85. The summed E-state index contributed by atoms with van der Waals surface area (Å²) in [6, 6.07) is 3.76. The van der Waals surface area contributed by atoms with Crippen LogP contribution in [-0.2, 0) is 0 Å². The van der Waals surface area contributed by atoms with E-state index in [4.69, 9.17) is 11.6 Å². The van der Waals surface area contributed by atoms with Gasteiger partial charge in [-0.1, -0.05) is 11.6 Å². The zero-order valence-corrected chi connectivity index (χ0v) is 7.53. The van der Waals surface area contributed by atoms with Crippen LogP contribution in [0.3, 0.4) is 0 Å². The minimum atomic E-state index is -0.724. The molecule has 74 valence electrons. The number of nitrogens with one attached hydrogen (secondary N) is 1. The summed E-state index contributed by atoms with van der Waals surface area (Å²) >= 11 is 5.45. The third-order valence-corrected chi connectivity index (χ3v) is 1.55. The normalized spacial score (nSPS) is 10.4. The van der Waals surface area contributed by atoms with E-state index in [2.05, 4.69) is 10.5 Å². The van der Waals surface area contributed by atoms with Crippen molar-refractivity contribution in [2.75, 3.05) is 5.43 Å². The van der Waals surface area contributed by atoms with E-state index < -0.39 is 10.7 Å². The summed E-state index contributed by atoms with van der Waals surface area (Å²) in [5.41, 5.74) is 2.69. The van der Waals surface area contributed by atoms with Crippen molar-refractivity contribution >= 4 is 23.6 Å². The lowest BCUT2D eigenvalue weighted by molar-refractivity contribution is -0.339. The lowest BCUT2D eigenvalue weighted by Crippen LogP contribution is -1.97. The van der Waals surface area contributed by atoms with E-state index >= 15 is 0 Å². The number of nitrogens with zero attached hydrogens (tertiary/aromatic N) is 2. The smallest absolute Gasteiger partial charge is 0.352 e. The molecule has 1 aromatic carbocycles. The Hall–Kier alpha value is -1.69. The van der Waals surface area contributed by atoms with E-state index in [1.807, 2.05) is 0 Å². The summed E-state index contributed by atoms with van der Waals surface area (Å²) in [5.74, 6) is -0.560. The molecule has 0 atom stereocenters. The molecule has 14 heavy (non-hydrogen) atoms. The van der Waals surface area contributed by atoms with E-state index in [9.17, 15) is 14.5 Å². The number of hydrazone groups is 1. The molecule has 0 spiro atoms. The average Bonchev–Trinajstić information content (AvgIpc) is 2.10. The molecule has 0 saturated carbocycles. The summed E-state index contributed by atoms with van der Waals surface area (Å²) in [6.07, 6.45) is 0.483. The van der Waals surface area contributed by atoms with Gasteiger partial charge in [-0.3, -0.25) is 0 Å². The van der Waals surface area contributed by atoms with Crippen molar-refractivity contribution in [2.45, 2.75) is 0 Å². The number of nitro groups is 1. The van der Waals surface area contributed by atoms with Crippen LogP contribution in [-0.4, -0.2) is 11.3 Å². The third-order valence-electron chi connectivity index (χ3n) is 1.27. The number of rotatable bonds is 3. The summed E-state index contributed by atoms with van der Waals surface area (Å²) in [7, 11) is 0. The highest BCUT2D eigenvalue weighted by atomic mass is 35.5. The van der Waals surface area contributed by atoms with Gasteiger partial charge in [0.2, 0.25) is 0 Å². The van der Waals surface area contributed by atoms with Crippen molar-refractivity contribution < 1.29 is 9.31 Å². The van der Waals surface area contributed by atoms with Crippen LogP contribution in [0.15, 0.2) is 23.3 Å². The van der Waals surface area contributed by atoms with E-state index in [0.717, 1.165) is 6.07 Å². The second-order valence-corrected chi connectivity index (χ2v) is 2.68. The van der Waals surface area contributed by atoms with Gasteiger partial charge in [0.1, 0.15) is 5.82 Å². The number of benzene rings is 1. The van der Waals surface area contributed by atoms with Crippen LogP contribution in [0.25, 0.3) is 0 Å². The molecule has 0 bridgehead atoms. The SMILES string of the molecule is O=[N+]([O-])/C=N/Nc1ccc(F)c(Cl)c1. The van der Waals surface area contributed by atoms with Crippen LogP contribution in [0.1, 0.15) is 0 Å². The molecule has 0 unspecified atom stereocenters. The Labute approximate surface area is 83.3 Å². The van der Waals surface area contributed by atoms with Gasteiger partial charge >= 0.3 is 6.34 Å². The molecule has 1 rings (SSSR count). The van der Waals surface area contributed by atoms with Gasteiger partial charge in [-0.05, 0) is 23.1 Å². The first-order chi connectivity index (χ1) is 6.59. The maximum atomic E-state index is 12.6. The van der Waals surface area contributed by atoms with E-state index in [-0.39, 0.29) is 5.02 Å². The van der Waals surface area contributed by atoms with Gasteiger partial charge in [0.25, 0.3) is 0 Å². The fourth-order valence-electron chi connectivity index (χ4n) is 0.716. The Morgan fingerprint density at radius 1 is 1.64 bits per heavy atom. The Balaban J connectivity index is 2.69. The molecule has 7 heteroatoms. The molecule has 0 aliphatic heterocycles. The van der Waals surface area contributed by atoms with Crippen LogP contribution in [0.5, 0.6) is 0 Å². The quantitative estimate of drug-likeness (QED) is 0.365. The maximum absolute atomic E-state index is 12.6. The fourth-order valence-corrected chi connectivity index (χ4v) is 0.897. The number of hydrogen-bond donors (Lipinski definition) is 1. The minimum absolute atomic E-state index is 0.0775. The predicted octanol–water partition coefficient (Wildman–Crippen LogP) is 2.11. The summed E-state index contributed by atoms with van der Waals surface area (Å²) in [4.78, 5) is 9.12. The van der Waals surface area contributed by atoms with Crippen molar-refractivity contribution in [1.29, 1.82) is 0 Å². The highest BCUT2D eigenvalue weighted by Crippen LogP contribution is 2.18. The largest absolute Gasteiger partial charge is 0.358 e. The molecule has 0 amide bonds. The Kier molecular flexibility index (Phi) is 3.35. The Morgan fingerprint density at radius 3 is 2.93 bits per heavy atom. The van der Waals surface area contributed by atoms with Gasteiger partial charge < -0.3 is 10.1 Å². The standard InChI is InChI=1S/C7H5ClFN3O2/c8-6-3-5(1-2-7(6)9)11-10-4-12(13)14/h1-4,11H/b10-4+.